The maximum Gasteiger partial charge on any atom is 0.358 e. The van der Waals surface area contributed by atoms with E-state index in [1.807, 2.05) is 0 Å². The number of nitrogens with zero attached hydrogens (tertiary/aromatic N) is 2. The summed E-state index contributed by atoms with van der Waals surface area (Å²) >= 11 is 0. The Bertz CT molecular complexity index is 551. The second-order valence-electron chi connectivity index (χ2n) is 4.21. The summed E-state index contributed by atoms with van der Waals surface area (Å²) in [4.78, 5) is 16.2. The lowest BCUT2D eigenvalue weighted by molar-refractivity contribution is 0.0248. The molecule has 9 heteroatoms. The first kappa shape index (κ1) is 14.2. The van der Waals surface area contributed by atoms with Gasteiger partial charge in [-0.05, 0) is 24.8 Å². The van der Waals surface area contributed by atoms with Crippen LogP contribution in [0.2, 0.25) is 0 Å². The highest BCUT2D eigenvalue weighted by Crippen LogP contribution is 2.41. The predicted molar refractivity (Wildman–Crippen MR) is 66.7 cm³/mol. The molecule has 0 amide bonds. The van der Waals surface area contributed by atoms with Crippen molar-refractivity contribution < 1.29 is 18.0 Å². The molecule has 2 rings (SSSR count). The maximum atomic E-state index is 11.5. The molecule has 19 heavy (non-hydrogen) atoms. The van der Waals surface area contributed by atoms with Crippen molar-refractivity contribution in [3.8, 4) is 0 Å². The fraction of sp³-hybridized carbons (Fsp3) is 0.500. The molecule has 1 aliphatic carbocycles. The molecular formula is C10H12ClN3O4S. The topological polar surface area (TPSA) is 98.2 Å². The molecule has 104 valence electrons. The quantitative estimate of drug-likeness (QED) is 0.464. The van der Waals surface area contributed by atoms with E-state index in [4.69, 9.17) is 15.5 Å². The molecule has 0 spiro atoms. The second-order valence-corrected chi connectivity index (χ2v) is 7.06. The van der Waals surface area contributed by atoms with E-state index < -0.39 is 20.3 Å². The minimum Gasteiger partial charge on any atom is -0.367 e. The summed E-state index contributed by atoms with van der Waals surface area (Å²) in [7, 11) is 1.77. The number of aromatic nitrogens is 2. The number of carbonyl (C=O) groups is 1. The number of halogens is 1. The van der Waals surface area contributed by atoms with Crippen LogP contribution in [0.15, 0.2) is 18.5 Å². The van der Waals surface area contributed by atoms with Crippen LogP contribution in [0.25, 0.3) is 0 Å². The van der Waals surface area contributed by atoms with E-state index >= 15 is 0 Å². The number of hydroxylamine groups is 1. The Morgan fingerprint density at radius 1 is 1.53 bits per heavy atom. The smallest absolute Gasteiger partial charge is 0.358 e. The highest BCUT2D eigenvalue weighted by molar-refractivity contribution is 8.14. The molecule has 1 N–H and O–H groups in total. The Hall–Kier alpha value is -1.25. The average Bonchev–Trinajstić information content (AvgIpc) is 3.15. The van der Waals surface area contributed by atoms with E-state index in [-0.39, 0.29) is 11.5 Å². The van der Waals surface area contributed by atoms with E-state index in [0.29, 0.717) is 19.4 Å². The van der Waals surface area contributed by atoms with Crippen LogP contribution in [-0.2, 0) is 13.9 Å². The third-order valence-corrected chi connectivity index (χ3v) is 4.81. The molecule has 1 heterocycles. The average molecular weight is 306 g/mol. The fourth-order valence-corrected chi connectivity index (χ4v) is 3.43. The first-order chi connectivity index (χ1) is 8.98. The first-order valence-corrected chi connectivity index (χ1v) is 8.00. The Balaban J connectivity index is 1.65. The summed E-state index contributed by atoms with van der Waals surface area (Å²) < 4.78 is 22.0. The zero-order valence-electron chi connectivity index (χ0n) is 9.82. The van der Waals surface area contributed by atoms with Gasteiger partial charge in [-0.15, -0.1) is 0 Å². The van der Waals surface area contributed by atoms with Gasteiger partial charge in [-0.1, -0.05) is 0 Å². The number of nitrogens with one attached hydrogen (secondary N) is 1. The number of hydrogen-bond donors (Lipinski definition) is 1. The van der Waals surface area contributed by atoms with E-state index in [1.165, 1.54) is 18.5 Å². The van der Waals surface area contributed by atoms with Gasteiger partial charge in [0.1, 0.15) is 0 Å². The Morgan fingerprint density at radius 3 is 2.89 bits per heavy atom. The molecule has 2 atom stereocenters. The van der Waals surface area contributed by atoms with Gasteiger partial charge in [-0.3, -0.25) is 0 Å². The lowest BCUT2D eigenvalue weighted by Gasteiger charge is -2.04. The van der Waals surface area contributed by atoms with Gasteiger partial charge < -0.3 is 4.84 Å². The van der Waals surface area contributed by atoms with Gasteiger partial charge in [0.2, 0.25) is 9.05 Å². The zero-order valence-corrected chi connectivity index (χ0v) is 11.4. The monoisotopic (exact) mass is 305 g/mol. The molecule has 0 radical (unpaired) electrons. The summed E-state index contributed by atoms with van der Waals surface area (Å²) in [5.41, 5.74) is 2.78. The molecule has 1 saturated carbocycles. The first-order valence-electron chi connectivity index (χ1n) is 5.62. The molecule has 2 unspecified atom stereocenters. The van der Waals surface area contributed by atoms with Crippen LogP contribution in [0.5, 0.6) is 0 Å². The Morgan fingerprint density at radius 2 is 2.32 bits per heavy atom. The lowest BCUT2D eigenvalue weighted by Crippen LogP contribution is -2.22. The molecule has 1 aromatic heterocycles. The largest absolute Gasteiger partial charge is 0.367 e. The van der Waals surface area contributed by atoms with Gasteiger partial charge in [0.05, 0.1) is 23.2 Å². The highest BCUT2D eigenvalue weighted by Gasteiger charge is 2.45. The molecular weight excluding hydrogens is 294 g/mol. The molecule has 1 aromatic rings. The van der Waals surface area contributed by atoms with Crippen molar-refractivity contribution in [1.29, 1.82) is 0 Å². The third-order valence-electron chi connectivity index (χ3n) is 2.82. The maximum absolute atomic E-state index is 11.5. The van der Waals surface area contributed by atoms with Crippen molar-refractivity contribution >= 4 is 25.7 Å². The van der Waals surface area contributed by atoms with Crippen molar-refractivity contribution in [3.63, 3.8) is 0 Å². The highest BCUT2D eigenvalue weighted by atomic mass is 35.7. The van der Waals surface area contributed by atoms with Crippen LogP contribution < -0.4 is 5.48 Å². The SMILES string of the molecule is O=C(ONCCC1CC1S(=O)(=O)Cl)c1ccnnc1. The van der Waals surface area contributed by atoms with Crippen LogP contribution in [0.3, 0.4) is 0 Å². The minimum atomic E-state index is -3.45. The Kier molecular flexibility index (Phi) is 4.33. The molecule has 0 aliphatic heterocycles. The lowest BCUT2D eigenvalue weighted by atomic mass is 10.3. The zero-order chi connectivity index (χ0) is 13.9. The van der Waals surface area contributed by atoms with Gasteiger partial charge in [0, 0.05) is 17.2 Å². The second kappa shape index (κ2) is 5.81. The normalized spacial score (nSPS) is 21.9. The van der Waals surface area contributed by atoms with Crippen molar-refractivity contribution in [2.24, 2.45) is 5.92 Å². The van der Waals surface area contributed by atoms with E-state index in [0.717, 1.165) is 0 Å². The molecule has 0 aromatic carbocycles. The Labute approximate surface area is 114 Å². The van der Waals surface area contributed by atoms with E-state index in [2.05, 4.69) is 15.7 Å². The minimum absolute atomic E-state index is 0.0382. The van der Waals surface area contributed by atoms with Gasteiger partial charge in [-0.2, -0.15) is 15.7 Å². The third kappa shape index (κ3) is 4.12. The van der Waals surface area contributed by atoms with Crippen molar-refractivity contribution in [2.75, 3.05) is 6.54 Å². The van der Waals surface area contributed by atoms with Gasteiger partial charge in [0.25, 0.3) is 0 Å². The summed E-state index contributed by atoms with van der Waals surface area (Å²) in [5.74, 6) is -0.525. The van der Waals surface area contributed by atoms with Crippen LogP contribution >= 0.6 is 10.7 Å². The van der Waals surface area contributed by atoms with Gasteiger partial charge >= 0.3 is 5.97 Å². The van der Waals surface area contributed by atoms with Crippen molar-refractivity contribution in [3.05, 3.63) is 24.0 Å². The van der Waals surface area contributed by atoms with Gasteiger partial charge in [0.15, 0.2) is 0 Å². The molecule has 0 bridgehead atoms. The standard InChI is InChI=1S/C10H12ClN3O4S/c11-19(16,17)9-5-7(9)2-4-14-18-10(15)8-1-3-12-13-6-8/h1,3,6-7,9,14H,2,4-5H2. The fourth-order valence-electron chi connectivity index (χ4n) is 1.70. The van der Waals surface area contributed by atoms with E-state index in [9.17, 15) is 13.2 Å². The molecule has 1 aliphatic rings. The van der Waals surface area contributed by atoms with Crippen LogP contribution in [0.1, 0.15) is 23.2 Å². The molecule has 1 fully saturated rings. The van der Waals surface area contributed by atoms with Crippen LogP contribution in [0.4, 0.5) is 0 Å². The molecule has 7 nitrogen and oxygen atoms in total. The number of rotatable bonds is 6. The van der Waals surface area contributed by atoms with Crippen molar-refractivity contribution in [2.45, 2.75) is 18.1 Å². The predicted octanol–water partition coefficient (Wildman–Crippen LogP) is 0.485. The summed E-state index contributed by atoms with van der Waals surface area (Å²) in [6.07, 6.45) is 3.83. The van der Waals surface area contributed by atoms with Crippen LogP contribution in [-0.4, -0.2) is 36.4 Å². The van der Waals surface area contributed by atoms with Crippen LogP contribution in [0, 0.1) is 5.92 Å². The van der Waals surface area contributed by atoms with Crippen molar-refractivity contribution in [1.82, 2.24) is 15.7 Å². The van der Waals surface area contributed by atoms with Gasteiger partial charge in [-0.25, -0.2) is 13.2 Å². The summed E-state index contributed by atoms with van der Waals surface area (Å²) in [5, 5.41) is 6.63. The summed E-state index contributed by atoms with van der Waals surface area (Å²) in [6, 6.07) is 1.48. The molecule has 0 saturated heterocycles. The number of hydrogen-bond acceptors (Lipinski definition) is 7. The number of carbonyl (C=O) groups excluding carboxylic acids is 1. The summed E-state index contributed by atoms with van der Waals surface area (Å²) in [6.45, 7) is 0.373. The van der Waals surface area contributed by atoms with E-state index in [1.54, 1.807) is 0 Å².